The first kappa shape index (κ1) is 13.7. The molecule has 0 amide bonds. The lowest BCUT2D eigenvalue weighted by atomic mass is 10.1. The quantitative estimate of drug-likeness (QED) is 0.422. The van der Waals surface area contributed by atoms with Gasteiger partial charge in [0.1, 0.15) is 0 Å². The first-order valence-corrected chi connectivity index (χ1v) is 8.14. The molecule has 2 N–H and O–H groups in total. The summed E-state index contributed by atoms with van der Waals surface area (Å²) < 4.78 is 0. The van der Waals surface area contributed by atoms with Gasteiger partial charge in [0.25, 0.3) is 0 Å². The summed E-state index contributed by atoms with van der Waals surface area (Å²) in [4.78, 5) is 7.75. The monoisotopic (exact) mass is 318 g/mol. The molecule has 0 saturated heterocycles. The highest BCUT2D eigenvalue weighted by Crippen LogP contribution is 2.24. The van der Waals surface area contributed by atoms with E-state index < -0.39 is 0 Å². The van der Waals surface area contributed by atoms with Crippen molar-refractivity contribution < 1.29 is 0 Å². The number of hydrazone groups is 1. The number of aromatic amines is 1. The number of hydrogen-bond donors (Lipinski definition) is 2. The van der Waals surface area contributed by atoms with Gasteiger partial charge in [0, 0.05) is 33.6 Å². The molecule has 0 aliphatic heterocycles. The molecule has 2 heterocycles. The summed E-state index contributed by atoms with van der Waals surface area (Å²) in [5, 5.41) is 8.27. The van der Waals surface area contributed by atoms with Gasteiger partial charge in [0.2, 0.25) is 5.13 Å². The molecule has 4 nitrogen and oxygen atoms in total. The maximum Gasteiger partial charge on any atom is 0.203 e. The van der Waals surface area contributed by atoms with Crippen molar-refractivity contribution >= 4 is 33.6 Å². The average Bonchev–Trinajstić information content (AvgIpc) is 3.25. The lowest BCUT2D eigenvalue weighted by Gasteiger charge is -1.97. The third-order valence-corrected chi connectivity index (χ3v) is 4.31. The van der Waals surface area contributed by atoms with Crippen LogP contribution in [0.4, 0.5) is 5.13 Å². The van der Waals surface area contributed by atoms with Crippen LogP contribution in [0.15, 0.2) is 71.3 Å². The largest absolute Gasteiger partial charge is 0.361 e. The zero-order valence-corrected chi connectivity index (χ0v) is 13.0. The Bertz CT molecular complexity index is 953. The van der Waals surface area contributed by atoms with Crippen molar-refractivity contribution in [2.24, 2.45) is 5.10 Å². The molecule has 112 valence electrons. The van der Waals surface area contributed by atoms with Crippen molar-refractivity contribution in [3.63, 3.8) is 0 Å². The SMILES string of the molecule is C(=NNc1nc(-c2ccccc2)cs1)c1cccc2[nH]ccc12. The third-order valence-electron chi connectivity index (χ3n) is 3.57. The molecule has 0 aliphatic rings. The number of hydrogen-bond acceptors (Lipinski definition) is 4. The van der Waals surface area contributed by atoms with Gasteiger partial charge in [0.15, 0.2) is 0 Å². The minimum Gasteiger partial charge on any atom is -0.361 e. The summed E-state index contributed by atoms with van der Waals surface area (Å²) >= 11 is 1.54. The van der Waals surface area contributed by atoms with Crippen molar-refractivity contribution in [1.29, 1.82) is 0 Å². The van der Waals surface area contributed by atoms with Crippen LogP contribution in [0.3, 0.4) is 0 Å². The molecular weight excluding hydrogens is 304 g/mol. The van der Waals surface area contributed by atoms with Gasteiger partial charge in [-0.1, -0.05) is 42.5 Å². The zero-order chi connectivity index (χ0) is 15.5. The molecule has 0 saturated carbocycles. The molecule has 23 heavy (non-hydrogen) atoms. The van der Waals surface area contributed by atoms with Crippen LogP contribution in [0.1, 0.15) is 5.56 Å². The maximum atomic E-state index is 4.55. The van der Waals surface area contributed by atoms with Gasteiger partial charge in [0.05, 0.1) is 11.9 Å². The standard InChI is InChI=1S/C18H14N4S/c1-2-5-13(6-3-1)17-12-23-18(21-17)22-20-11-14-7-4-8-16-15(14)9-10-19-16/h1-12,19H,(H,21,22). The number of fused-ring (bicyclic) bond motifs is 1. The Morgan fingerprint density at radius 3 is 2.87 bits per heavy atom. The number of rotatable bonds is 4. The molecule has 5 heteroatoms. The topological polar surface area (TPSA) is 53.1 Å². The van der Waals surface area contributed by atoms with E-state index in [0.717, 1.165) is 32.9 Å². The molecule has 0 fully saturated rings. The van der Waals surface area contributed by atoms with Crippen LogP contribution < -0.4 is 5.43 Å². The predicted molar refractivity (Wildman–Crippen MR) is 97.1 cm³/mol. The van der Waals surface area contributed by atoms with E-state index in [1.54, 1.807) is 11.3 Å². The zero-order valence-electron chi connectivity index (χ0n) is 12.2. The van der Waals surface area contributed by atoms with Crippen LogP contribution in [-0.2, 0) is 0 Å². The Hall–Kier alpha value is -2.92. The highest BCUT2D eigenvalue weighted by molar-refractivity contribution is 7.14. The highest BCUT2D eigenvalue weighted by Gasteiger charge is 2.03. The highest BCUT2D eigenvalue weighted by atomic mass is 32.1. The van der Waals surface area contributed by atoms with Gasteiger partial charge in [-0.05, 0) is 12.1 Å². The Balaban J connectivity index is 1.51. The fraction of sp³-hybridized carbons (Fsp3) is 0. The first-order valence-electron chi connectivity index (χ1n) is 7.26. The number of thiazole rings is 1. The van der Waals surface area contributed by atoms with E-state index in [1.165, 1.54) is 0 Å². The predicted octanol–water partition coefficient (Wildman–Crippen LogP) is 4.74. The van der Waals surface area contributed by atoms with Crippen LogP contribution in [0.25, 0.3) is 22.2 Å². The molecule has 0 atom stereocenters. The molecular formula is C18H14N4S. The molecule has 0 bridgehead atoms. The molecule has 4 rings (SSSR count). The summed E-state index contributed by atoms with van der Waals surface area (Å²) in [5.41, 5.74) is 7.25. The lowest BCUT2D eigenvalue weighted by molar-refractivity contribution is 1.29. The van der Waals surface area contributed by atoms with E-state index in [4.69, 9.17) is 0 Å². The summed E-state index contributed by atoms with van der Waals surface area (Å²) in [6.07, 6.45) is 3.75. The van der Waals surface area contributed by atoms with E-state index in [9.17, 15) is 0 Å². The minimum absolute atomic E-state index is 0.779. The third kappa shape index (κ3) is 2.86. The van der Waals surface area contributed by atoms with E-state index in [2.05, 4.69) is 32.6 Å². The van der Waals surface area contributed by atoms with Crippen molar-refractivity contribution in [3.05, 3.63) is 71.7 Å². The molecule has 4 aromatic rings. The van der Waals surface area contributed by atoms with Crippen molar-refractivity contribution in [1.82, 2.24) is 9.97 Å². The summed E-state index contributed by atoms with van der Waals surface area (Å²) in [7, 11) is 0. The van der Waals surface area contributed by atoms with Crippen LogP contribution in [0.2, 0.25) is 0 Å². The summed E-state index contributed by atoms with van der Waals surface area (Å²) in [6.45, 7) is 0. The van der Waals surface area contributed by atoms with Gasteiger partial charge >= 0.3 is 0 Å². The molecule has 2 aromatic carbocycles. The number of nitrogens with one attached hydrogen (secondary N) is 2. The van der Waals surface area contributed by atoms with Crippen LogP contribution >= 0.6 is 11.3 Å². The fourth-order valence-electron chi connectivity index (χ4n) is 2.45. The average molecular weight is 318 g/mol. The summed E-state index contributed by atoms with van der Waals surface area (Å²) in [6, 6.07) is 18.3. The van der Waals surface area contributed by atoms with Crippen molar-refractivity contribution in [2.75, 3.05) is 5.43 Å². The minimum atomic E-state index is 0.779. The second kappa shape index (κ2) is 6.06. The van der Waals surface area contributed by atoms with Crippen LogP contribution in [0, 0.1) is 0 Å². The number of H-pyrrole nitrogens is 1. The Labute approximate surface area is 137 Å². The molecule has 0 unspecified atom stereocenters. The Kier molecular flexibility index (Phi) is 3.62. The molecule has 0 radical (unpaired) electrons. The van der Waals surface area contributed by atoms with Crippen molar-refractivity contribution in [2.45, 2.75) is 0 Å². The van der Waals surface area contributed by atoms with E-state index in [-0.39, 0.29) is 0 Å². The maximum absolute atomic E-state index is 4.55. The summed E-state index contributed by atoms with van der Waals surface area (Å²) in [5.74, 6) is 0. The number of nitrogens with zero attached hydrogens (tertiary/aromatic N) is 2. The number of anilines is 1. The molecule has 0 spiro atoms. The van der Waals surface area contributed by atoms with Gasteiger partial charge in [-0.15, -0.1) is 11.3 Å². The van der Waals surface area contributed by atoms with Gasteiger partial charge < -0.3 is 4.98 Å². The normalized spacial score (nSPS) is 11.3. The smallest absolute Gasteiger partial charge is 0.203 e. The second-order valence-electron chi connectivity index (χ2n) is 5.06. The second-order valence-corrected chi connectivity index (χ2v) is 5.92. The molecule has 2 aromatic heterocycles. The Morgan fingerprint density at radius 2 is 1.96 bits per heavy atom. The Morgan fingerprint density at radius 1 is 1.04 bits per heavy atom. The first-order chi connectivity index (χ1) is 11.4. The van der Waals surface area contributed by atoms with E-state index in [1.807, 2.05) is 60.3 Å². The van der Waals surface area contributed by atoms with E-state index >= 15 is 0 Å². The van der Waals surface area contributed by atoms with Crippen LogP contribution in [0.5, 0.6) is 0 Å². The molecule has 0 aliphatic carbocycles. The number of aromatic nitrogens is 2. The van der Waals surface area contributed by atoms with Crippen molar-refractivity contribution in [3.8, 4) is 11.3 Å². The van der Waals surface area contributed by atoms with Crippen LogP contribution in [-0.4, -0.2) is 16.2 Å². The van der Waals surface area contributed by atoms with E-state index in [0.29, 0.717) is 0 Å². The number of benzene rings is 2. The van der Waals surface area contributed by atoms with Gasteiger partial charge in [-0.3, -0.25) is 5.43 Å². The lowest BCUT2D eigenvalue weighted by Crippen LogP contribution is -1.90. The van der Waals surface area contributed by atoms with Gasteiger partial charge in [-0.25, -0.2) is 4.98 Å². The fourth-order valence-corrected chi connectivity index (χ4v) is 3.11. The van der Waals surface area contributed by atoms with Gasteiger partial charge in [-0.2, -0.15) is 5.10 Å².